The summed E-state index contributed by atoms with van der Waals surface area (Å²) in [5, 5.41) is 6.90. The number of hydrazone groups is 1. The Hall–Kier alpha value is -1.99. The topological polar surface area (TPSA) is 55.1 Å². The van der Waals surface area contributed by atoms with Crippen molar-refractivity contribution in [1.29, 1.82) is 0 Å². The van der Waals surface area contributed by atoms with Gasteiger partial charge in [-0.1, -0.05) is 28.1 Å². The molecule has 1 aromatic carbocycles. The van der Waals surface area contributed by atoms with Crippen LogP contribution in [-0.4, -0.2) is 20.7 Å². The lowest BCUT2D eigenvalue weighted by Gasteiger charge is -1.97. The highest BCUT2D eigenvalue weighted by molar-refractivity contribution is 9.10. The lowest BCUT2D eigenvalue weighted by molar-refractivity contribution is 0.901. The van der Waals surface area contributed by atoms with Gasteiger partial charge in [0, 0.05) is 34.9 Å². The number of rotatable bonds is 4. The molecule has 0 aliphatic carbocycles. The van der Waals surface area contributed by atoms with E-state index in [9.17, 15) is 0 Å². The van der Waals surface area contributed by atoms with Gasteiger partial charge in [-0.25, -0.2) is 9.97 Å². The summed E-state index contributed by atoms with van der Waals surface area (Å²) < 4.78 is 2.94. The summed E-state index contributed by atoms with van der Waals surface area (Å²) in [7, 11) is 1.92. The Morgan fingerprint density at radius 2 is 2.14 bits per heavy atom. The van der Waals surface area contributed by atoms with Crippen LogP contribution in [0.25, 0.3) is 11.3 Å². The van der Waals surface area contributed by atoms with Crippen molar-refractivity contribution >= 4 is 38.6 Å². The van der Waals surface area contributed by atoms with Crippen molar-refractivity contribution in [3.05, 3.63) is 52.3 Å². The molecule has 3 aromatic rings. The van der Waals surface area contributed by atoms with Crippen molar-refractivity contribution in [3.8, 4) is 11.3 Å². The fraction of sp³-hybridized carbons (Fsp3) is 0.0714. The van der Waals surface area contributed by atoms with Crippen molar-refractivity contribution in [3.63, 3.8) is 0 Å². The number of benzene rings is 1. The highest BCUT2D eigenvalue weighted by Crippen LogP contribution is 2.25. The molecule has 2 heterocycles. The number of aryl methyl sites for hydroxylation is 1. The Labute approximate surface area is 134 Å². The highest BCUT2D eigenvalue weighted by atomic mass is 79.9. The second-order valence-electron chi connectivity index (χ2n) is 4.31. The molecule has 21 heavy (non-hydrogen) atoms. The molecule has 0 amide bonds. The minimum absolute atomic E-state index is 0.748. The van der Waals surface area contributed by atoms with Crippen LogP contribution < -0.4 is 5.43 Å². The molecular formula is C14H12BrN5S. The molecule has 3 rings (SSSR count). The lowest BCUT2D eigenvalue weighted by atomic mass is 10.2. The predicted molar refractivity (Wildman–Crippen MR) is 89.7 cm³/mol. The number of hydrogen-bond acceptors (Lipinski definition) is 5. The maximum Gasteiger partial charge on any atom is 0.203 e. The number of anilines is 1. The molecule has 1 N–H and O–H groups in total. The second kappa shape index (κ2) is 6.19. The fourth-order valence-electron chi connectivity index (χ4n) is 1.73. The number of aromatic nitrogens is 3. The molecule has 2 aromatic heterocycles. The zero-order valence-corrected chi connectivity index (χ0v) is 13.6. The van der Waals surface area contributed by atoms with Gasteiger partial charge in [0.05, 0.1) is 11.9 Å². The predicted octanol–water partition coefficient (Wildman–Crippen LogP) is 3.75. The Bertz CT molecular complexity index is 760. The normalized spacial score (nSPS) is 11.1. The molecule has 106 valence electrons. The minimum atomic E-state index is 0.748. The third kappa shape index (κ3) is 3.37. The second-order valence-corrected chi connectivity index (χ2v) is 6.08. The number of hydrogen-bond donors (Lipinski definition) is 1. The van der Waals surface area contributed by atoms with Crippen molar-refractivity contribution in [2.45, 2.75) is 0 Å². The molecule has 0 aliphatic rings. The Morgan fingerprint density at radius 1 is 1.33 bits per heavy atom. The first kappa shape index (κ1) is 14.0. The lowest BCUT2D eigenvalue weighted by Crippen LogP contribution is -1.97. The zero-order valence-electron chi connectivity index (χ0n) is 11.2. The van der Waals surface area contributed by atoms with Gasteiger partial charge in [0.25, 0.3) is 0 Å². The number of imidazole rings is 1. The Balaban J connectivity index is 1.69. The summed E-state index contributed by atoms with van der Waals surface area (Å²) in [5.74, 6) is 0.784. The molecular weight excluding hydrogens is 350 g/mol. The van der Waals surface area contributed by atoms with E-state index in [1.165, 1.54) is 11.3 Å². The van der Waals surface area contributed by atoms with Gasteiger partial charge in [-0.3, -0.25) is 5.43 Å². The molecule has 5 nitrogen and oxygen atoms in total. The standard InChI is InChI=1S/C14H12BrN5S/c1-20-7-6-16-13(20)8-17-19-14-18-12(9-21-14)10-2-4-11(15)5-3-10/h2-9H,1H3,(H,18,19). The number of nitrogens with zero attached hydrogens (tertiary/aromatic N) is 4. The number of thiazole rings is 1. The smallest absolute Gasteiger partial charge is 0.203 e. The van der Waals surface area contributed by atoms with Gasteiger partial charge in [-0.15, -0.1) is 11.3 Å². The molecule has 0 saturated heterocycles. The zero-order chi connectivity index (χ0) is 14.7. The average molecular weight is 362 g/mol. The summed E-state index contributed by atoms with van der Waals surface area (Å²) in [4.78, 5) is 8.66. The van der Waals surface area contributed by atoms with Gasteiger partial charge in [-0.05, 0) is 12.1 Å². The fourth-order valence-corrected chi connectivity index (χ4v) is 2.66. The van der Waals surface area contributed by atoms with E-state index in [4.69, 9.17) is 0 Å². The molecule has 0 unspecified atom stereocenters. The van der Waals surface area contributed by atoms with Crippen LogP contribution in [0.1, 0.15) is 5.82 Å². The number of halogens is 1. The van der Waals surface area contributed by atoms with Crippen molar-refractivity contribution in [2.24, 2.45) is 12.1 Å². The van der Waals surface area contributed by atoms with E-state index in [0.29, 0.717) is 0 Å². The van der Waals surface area contributed by atoms with E-state index in [2.05, 4.69) is 36.4 Å². The maximum absolute atomic E-state index is 4.50. The van der Waals surface area contributed by atoms with Gasteiger partial charge in [-0.2, -0.15) is 5.10 Å². The van der Waals surface area contributed by atoms with Gasteiger partial charge in [0.1, 0.15) is 0 Å². The Kier molecular flexibility index (Phi) is 4.12. The van der Waals surface area contributed by atoms with Crippen molar-refractivity contribution in [2.75, 3.05) is 5.43 Å². The summed E-state index contributed by atoms with van der Waals surface area (Å²) >= 11 is 4.94. The first-order valence-corrected chi connectivity index (χ1v) is 7.87. The molecule has 7 heteroatoms. The van der Waals surface area contributed by atoms with E-state index in [-0.39, 0.29) is 0 Å². The molecule has 0 radical (unpaired) electrons. The summed E-state index contributed by atoms with van der Waals surface area (Å²) in [6.45, 7) is 0. The van der Waals surface area contributed by atoms with E-state index in [1.54, 1.807) is 12.4 Å². The summed E-state index contributed by atoms with van der Waals surface area (Å²) in [6.07, 6.45) is 5.27. The Morgan fingerprint density at radius 3 is 2.86 bits per heavy atom. The molecule has 0 saturated carbocycles. The summed E-state index contributed by atoms with van der Waals surface area (Å²) in [5.41, 5.74) is 4.94. The molecule has 0 fully saturated rings. The summed E-state index contributed by atoms with van der Waals surface area (Å²) in [6, 6.07) is 8.06. The van der Waals surface area contributed by atoms with Gasteiger partial charge >= 0.3 is 0 Å². The highest BCUT2D eigenvalue weighted by Gasteiger charge is 2.03. The van der Waals surface area contributed by atoms with E-state index < -0.39 is 0 Å². The van der Waals surface area contributed by atoms with Crippen molar-refractivity contribution < 1.29 is 0 Å². The average Bonchev–Trinajstić information content (AvgIpc) is 3.10. The van der Waals surface area contributed by atoms with Crippen molar-refractivity contribution in [1.82, 2.24) is 14.5 Å². The van der Waals surface area contributed by atoms with Crippen LogP contribution in [-0.2, 0) is 7.05 Å². The van der Waals surface area contributed by atoms with Gasteiger partial charge < -0.3 is 4.57 Å². The SMILES string of the molecule is Cn1ccnc1C=NNc1nc(-c2ccc(Br)cc2)cs1. The largest absolute Gasteiger partial charge is 0.333 e. The van der Waals surface area contributed by atoms with Crippen LogP contribution in [0.15, 0.2) is 51.6 Å². The molecule has 0 spiro atoms. The maximum atomic E-state index is 4.50. The van der Waals surface area contributed by atoms with Crippen LogP contribution in [0.3, 0.4) is 0 Å². The third-order valence-electron chi connectivity index (χ3n) is 2.84. The van der Waals surface area contributed by atoms with Crippen LogP contribution >= 0.6 is 27.3 Å². The van der Waals surface area contributed by atoms with Crippen LogP contribution in [0, 0.1) is 0 Å². The van der Waals surface area contributed by atoms with Crippen LogP contribution in [0.5, 0.6) is 0 Å². The minimum Gasteiger partial charge on any atom is -0.333 e. The quantitative estimate of drug-likeness (QED) is 0.568. The van der Waals surface area contributed by atoms with Crippen LogP contribution in [0.4, 0.5) is 5.13 Å². The molecule has 0 bridgehead atoms. The first-order valence-electron chi connectivity index (χ1n) is 6.20. The molecule has 0 aliphatic heterocycles. The monoisotopic (exact) mass is 361 g/mol. The first-order chi connectivity index (χ1) is 10.2. The van der Waals surface area contributed by atoms with Crippen LogP contribution in [0.2, 0.25) is 0 Å². The number of nitrogens with one attached hydrogen (secondary N) is 1. The third-order valence-corrected chi connectivity index (χ3v) is 4.12. The van der Waals surface area contributed by atoms with Gasteiger partial charge in [0.15, 0.2) is 5.82 Å². The van der Waals surface area contributed by atoms with E-state index >= 15 is 0 Å². The molecule has 0 atom stereocenters. The van der Waals surface area contributed by atoms with Gasteiger partial charge in [0.2, 0.25) is 5.13 Å². The van der Waals surface area contributed by atoms with E-state index in [0.717, 1.165) is 26.7 Å². The van der Waals surface area contributed by atoms with E-state index in [1.807, 2.05) is 47.5 Å².